The summed E-state index contributed by atoms with van der Waals surface area (Å²) in [6, 6.07) is 0. The van der Waals surface area contributed by atoms with Crippen LogP contribution in [0.1, 0.15) is 0 Å². The molecule has 5 heteroatoms. The lowest BCUT2D eigenvalue weighted by atomic mass is 11.8. The fraction of sp³-hybridized carbons (Fsp3) is 1.00. The average molecular weight is 149 g/mol. The predicted molar refractivity (Wildman–Crippen MR) is 32.5 cm³/mol. The molecule has 0 aromatic carbocycles. The average Bonchev–Trinajstić information content (AvgIpc) is 1.87. The maximum atomic E-state index is 4.84. The number of hydrogen-bond acceptors (Lipinski definition) is 3. The Morgan fingerprint density at radius 1 is 1.00 bits per heavy atom. The van der Waals surface area contributed by atoms with Gasteiger partial charge in [-0.15, -0.1) is 0 Å². The first kappa shape index (κ1) is 8.31. The standard InChI is InChI=1S/C3H9O3Si2/c1-4-8(7,5-2)6-3/h1-3H3. The highest BCUT2D eigenvalue weighted by molar-refractivity contribution is 7.05. The van der Waals surface area contributed by atoms with Crippen LogP contribution in [0.25, 0.3) is 0 Å². The summed E-state index contributed by atoms with van der Waals surface area (Å²) in [4.78, 5) is 0. The molecule has 0 unspecified atom stereocenters. The highest BCUT2D eigenvalue weighted by atomic mass is 29.2. The van der Waals surface area contributed by atoms with Gasteiger partial charge in [0.15, 0.2) is 0 Å². The molecule has 0 spiro atoms. The zero-order valence-electron chi connectivity index (χ0n) is 5.22. The Bertz CT molecular complexity index is 55.3. The van der Waals surface area contributed by atoms with E-state index in [0.717, 1.165) is 0 Å². The smallest absolute Gasteiger partial charge is 0.380 e. The molecule has 0 aromatic heterocycles. The zero-order chi connectivity index (χ0) is 6.62. The topological polar surface area (TPSA) is 27.7 Å². The van der Waals surface area contributed by atoms with E-state index in [4.69, 9.17) is 13.3 Å². The van der Waals surface area contributed by atoms with Crippen molar-refractivity contribution in [3.8, 4) is 0 Å². The van der Waals surface area contributed by atoms with Gasteiger partial charge in [-0.2, -0.15) is 0 Å². The summed E-state index contributed by atoms with van der Waals surface area (Å²) in [6.45, 7) is 0. The van der Waals surface area contributed by atoms with Gasteiger partial charge in [0.05, 0.1) is 0 Å². The monoisotopic (exact) mass is 149 g/mol. The van der Waals surface area contributed by atoms with E-state index < -0.39 is 8.32 Å². The molecule has 0 bridgehead atoms. The summed E-state index contributed by atoms with van der Waals surface area (Å²) in [5, 5.41) is 0. The third kappa shape index (κ3) is 2.06. The highest BCUT2D eigenvalue weighted by Crippen LogP contribution is 1.96. The quantitative estimate of drug-likeness (QED) is 0.508. The molecule has 0 aliphatic carbocycles. The van der Waals surface area contributed by atoms with Crippen LogP contribution in [0.3, 0.4) is 0 Å². The van der Waals surface area contributed by atoms with E-state index in [2.05, 4.69) is 9.76 Å². The molecule has 3 radical (unpaired) electrons. The van der Waals surface area contributed by atoms with Crippen LogP contribution >= 0.6 is 0 Å². The highest BCUT2D eigenvalue weighted by Gasteiger charge is 2.28. The predicted octanol–water partition coefficient (Wildman–Crippen LogP) is -0.470. The van der Waals surface area contributed by atoms with Gasteiger partial charge in [-0.25, -0.2) is 0 Å². The zero-order valence-corrected chi connectivity index (χ0v) is 7.22. The molecule has 3 nitrogen and oxygen atoms in total. The van der Waals surface area contributed by atoms with Crippen molar-refractivity contribution in [2.45, 2.75) is 0 Å². The van der Waals surface area contributed by atoms with Gasteiger partial charge in [-0.05, 0) is 0 Å². The maximum absolute atomic E-state index is 4.84. The van der Waals surface area contributed by atoms with E-state index in [9.17, 15) is 0 Å². The van der Waals surface area contributed by atoms with Crippen molar-refractivity contribution < 1.29 is 13.3 Å². The largest absolute Gasteiger partial charge is 0.459 e. The number of rotatable bonds is 3. The fourth-order valence-corrected chi connectivity index (χ4v) is 0.750. The molecule has 0 aliphatic heterocycles. The van der Waals surface area contributed by atoms with Crippen molar-refractivity contribution in [2.75, 3.05) is 21.3 Å². The van der Waals surface area contributed by atoms with Gasteiger partial charge >= 0.3 is 8.32 Å². The van der Waals surface area contributed by atoms with Gasteiger partial charge in [0, 0.05) is 21.3 Å². The Morgan fingerprint density at radius 3 is 1.25 bits per heavy atom. The van der Waals surface area contributed by atoms with E-state index in [1.807, 2.05) is 0 Å². The summed E-state index contributed by atoms with van der Waals surface area (Å²) >= 11 is 0. The molecular formula is C3H9O3Si2. The van der Waals surface area contributed by atoms with Crippen LogP contribution < -0.4 is 0 Å². The Balaban J connectivity index is 3.58. The second-order valence-corrected chi connectivity index (χ2v) is 5.34. The van der Waals surface area contributed by atoms with Crippen molar-refractivity contribution in [2.24, 2.45) is 0 Å². The summed E-state index contributed by atoms with van der Waals surface area (Å²) in [5.41, 5.74) is 0. The maximum Gasteiger partial charge on any atom is 0.459 e. The van der Waals surface area contributed by atoms with Gasteiger partial charge < -0.3 is 13.3 Å². The molecule has 8 heavy (non-hydrogen) atoms. The van der Waals surface area contributed by atoms with Crippen LogP contribution in [-0.2, 0) is 13.3 Å². The minimum absolute atomic E-state index is 1.53. The van der Waals surface area contributed by atoms with Crippen LogP contribution in [-0.4, -0.2) is 39.4 Å². The Kier molecular flexibility index (Phi) is 3.49. The summed E-state index contributed by atoms with van der Waals surface area (Å²) in [5.74, 6) is 0. The molecule has 0 saturated carbocycles. The van der Waals surface area contributed by atoms with Crippen molar-refractivity contribution in [3.05, 3.63) is 0 Å². The molecule has 0 saturated heterocycles. The second kappa shape index (κ2) is 3.36. The lowest BCUT2D eigenvalue weighted by molar-refractivity contribution is 0.149. The summed E-state index contributed by atoms with van der Waals surface area (Å²) in [7, 11) is 5.44. The van der Waals surface area contributed by atoms with Crippen LogP contribution in [0.2, 0.25) is 0 Å². The lowest BCUT2D eigenvalue weighted by Gasteiger charge is -2.19. The van der Waals surface area contributed by atoms with E-state index >= 15 is 0 Å². The summed E-state index contributed by atoms with van der Waals surface area (Å²) < 4.78 is 14.5. The summed E-state index contributed by atoms with van der Waals surface area (Å²) in [6.07, 6.45) is 0. The van der Waals surface area contributed by atoms with Gasteiger partial charge in [-0.1, -0.05) is 0 Å². The van der Waals surface area contributed by atoms with Crippen LogP contribution in [0.15, 0.2) is 0 Å². The first-order valence-corrected chi connectivity index (χ1v) is 5.31. The Labute approximate surface area is 53.5 Å². The molecule has 0 aromatic rings. The molecule has 0 atom stereocenters. The minimum atomic E-state index is -2.37. The van der Waals surface area contributed by atoms with E-state index in [1.54, 1.807) is 0 Å². The molecule has 0 heterocycles. The first-order valence-electron chi connectivity index (χ1n) is 2.09. The molecule has 0 rings (SSSR count). The van der Waals surface area contributed by atoms with Gasteiger partial charge in [0.25, 0.3) is 0 Å². The first-order chi connectivity index (χ1) is 3.68. The van der Waals surface area contributed by atoms with Crippen molar-refractivity contribution in [1.82, 2.24) is 0 Å². The molecule has 0 N–H and O–H groups in total. The van der Waals surface area contributed by atoms with Crippen molar-refractivity contribution in [3.63, 3.8) is 0 Å². The Morgan fingerprint density at radius 2 is 1.25 bits per heavy atom. The third-order valence-corrected chi connectivity index (χ3v) is 4.26. The molecule has 0 aliphatic rings. The molecular weight excluding hydrogens is 140 g/mol. The molecule has 0 fully saturated rings. The van der Waals surface area contributed by atoms with Crippen molar-refractivity contribution in [1.29, 1.82) is 0 Å². The van der Waals surface area contributed by atoms with Crippen molar-refractivity contribution >= 4 is 18.1 Å². The third-order valence-electron chi connectivity index (χ3n) is 0.806. The molecule has 47 valence electrons. The van der Waals surface area contributed by atoms with Gasteiger partial charge in [0.2, 0.25) is 0 Å². The van der Waals surface area contributed by atoms with Gasteiger partial charge in [0.1, 0.15) is 9.76 Å². The van der Waals surface area contributed by atoms with Gasteiger partial charge in [-0.3, -0.25) is 0 Å². The van der Waals surface area contributed by atoms with Crippen LogP contribution in [0.5, 0.6) is 0 Å². The normalized spacial score (nSPS) is 12.0. The Hall–Kier alpha value is 0.314. The van der Waals surface area contributed by atoms with E-state index in [0.29, 0.717) is 0 Å². The fourth-order valence-electron chi connectivity index (χ4n) is 0.250. The number of hydrogen-bond donors (Lipinski definition) is 0. The SMILES string of the molecule is CO[Si]([Si])(OC)OC. The lowest BCUT2D eigenvalue weighted by Crippen LogP contribution is -2.43. The minimum Gasteiger partial charge on any atom is -0.380 e. The van der Waals surface area contributed by atoms with E-state index in [-0.39, 0.29) is 0 Å². The van der Waals surface area contributed by atoms with E-state index in [1.165, 1.54) is 21.3 Å². The second-order valence-electron chi connectivity index (χ2n) is 1.17. The van der Waals surface area contributed by atoms with Crippen LogP contribution in [0.4, 0.5) is 0 Å². The van der Waals surface area contributed by atoms with Crippen LogP contribution in [0, 0.1) is 0 Å². The molecule has 0 amide bonds.